The van der Waals surface area contributed by atoms with Crippen LogP contribution in [-0.2, 0) is 0 Å². The Morgan fingerprint density at radius 3 is 2.38 bits per heavy atom. The van der Waals surface area contributed by atoms with Crippen LogP contribution in [-0.4, -0.2) is 31.8 Å². The Morgan fingerprint density at radius 1 is 1.00 bits per heavy atom. The number of amides is 1. The van der Waals surface area contributed by atoms with Gasteiger partial charge in [-0.1, -0.05) is 31.4 Å². The highest BCUT2D eigenvalue weighted by molar-refractivity contribution is 5.98. The van der Waals surface area contributed by atoms with Crippen LogP contribution in [0, 0.1) is 20.2 Å². The molecule has 12 nitrogen and oxygen atoms in total. The molecule has 1 aliphatic rings. The predicted octanol–water partition coefficient (Wildman–Crippen LogP) is 2.79. The zero-order valence-corrected chi connectivity index (χ0v) is 15.3. The largest absolute Gasteiger partial charge is 0.361 e. The maximum atomic E-state index is 12.3. The van der Waals surface area contributed by atoms with Crippen LogP contribution in [0.4, 0.5) is 23.0 Å². The molecule has 0 saturated heterocycles. The molecule has 3 N–H and O–H groups in total. The van der Waals surface area contributed by atoms with Gasteiger partial charge in [-0.15, -0.1) is 0 Å². The fraction of sp³-hybridized carbons (Fsp3) is 0.353. The van der Waals surface area contributed by atoms with E-state index >= 15 is 0 Å². The van der Waals surface area contributed by atoms with E-state index in [2.05, 4.69) is 26.1 Å². The minimum atomic E-state index is -0.827. The Kier molecular flexibility index (Phi) is 6.12. The number of nitrogens with zero attached hydrogens (tertiary/aromatic N) is 4. The average molecular weight is 401 g/mol. The van der Waals surface area contributed by atoms with Gasteiger partial charge in [0.2, 0.25) is 11.6 Å². The van der Waals surface area contributed by atoms with Crippen LogP contribution in [0.5, 0.6) is 0 Å². The number of aromatic nitrogens is 2. The second-order valence-electron chi connectivity index (χ2n) is 6.51. The molecule has 0 unspecified atom stereocenters. The van der Waals surface area contributed by atoms with E-state index < -0.39 is 21.4 Å². The molecule has 1 heterocycles. The molecule has 0 radical (unpaired) electrons. The summed E-state index contributed by atoms with van der Waals surface area (Å²) in [5, 5.41) is 25.7. The van der Waals surface area contributed by atoms with E-state index in [-0.39, 0.29) is 28.9 Å². The molecule has 0 spiro atoms. The number of carbonyl (C=O) groups excluding carboxylic acids is 1. The first-order valence-corrected chi connectivity index (χ1v) is 9.03. The van der Waals surface area contributed by atoms with Crippen molar-refractivity contribution in [2.24, 2.45) is 0 Å². The molecule has 0 aliphatic heterocycles. The lowest BCUT2D eigenvalue weighted by molar-refractivity contribution is -0.385. The van der Waals surface area contributed by atoms with E-state index in [0.717, 1.165) is 38.4 Å². The van der Waals surface area contributed by atoms with Crippen molar-refractivity contribution in [3.05, 3.63) is 56.4 Å². The summed E-state index contributed by atoms with van der Waals surface area (Å²) in [6.07, 6.45) is 6.11. The Bertz CT molecular complexity index is 930. The first-order valence-electron chi connectivity index (χ1n) is 9.03. The van der Waals surface area contributed by atoms with Crippen molar-refractivity contribution in [1.82, 2.24) is 15.4 Å². The molecule has 0 bridgehead atoms. The molecule has 1 aromatic heterocycles. The lowest BCUT2D eigenvalue weighted by atomic mass is 9.95. The van der Waals surface area contributed by atoms with Crippen molar-refractivity contribution < 1.29 is 14.6 Å². The second kappa shape index (κ2) is 8.91. The predicted molar refractivity (Wildman–Crippen MR) is 103 cm³/mol. The highest BCUT2D eigenvalue weighted by atomic mass is 16.6. The summed E-state index contributed by atoms with van der Waals surface area (Å²) >= 11 is 0. The van der Waals surface area contributed by atoms with Crippen molar-refractivity contribution in [2.45, 2.75) is 38.1 Å². The lowest BCUT2D eigenvalue weighted by Gasteiger charge is -2.23. The zero-order chi connectivity index (χ0) is 20.8. The van der Waals surface area contributed by atoms with Gasteiger partial charge in [-0.25, -0.2) is 9.97 Å². The van der Waals surface area contributed by atoms with E-state index in [1.807, 2.05) is 0 Å². The van der Waals surface area contributed by atoms with E-state index in [1.165, 1.54) is 24.3 Å². The number of nitro groups is 2. The number of hydrazine groups is 1. The highest BCUT2D eigenvalue weighted by Crippen LogP contribution is 2.31. The van der Waals surface area contributed by atoms with Crippen molar-refractivity contribution in [1.29, 1.82) is 0 Å². The number of nitro benzene ring substituents is 1. The van der Waals surface area contributed by atoms with Gasteiger partial charge in [0.25, 0.3) is 11.6 Å². The van der Waals surface area contributed by atoms with Crippen LogP contribution in [0.15, 0.2) is 30.6 Å². The third kappa shape index (κ3) is 4.72. The maximum Gasteiger partial charge on any atom is 0.354 e. The Morgan fingerprint density at radius 2 is 1.69 bits per heavy atom. The Balaban J connectivity index is 1.78. The molecule has 1 amide bonds. The van der Waals surface area contributed by atoms with Crippen molar-refractivity contribution >= 4 is 28.9 Å². The third-order valence-electron chi connectivity index (χ3n) is 4.59. The van der Waals surface area contributed by atoms with Gasteiger partial charge in [0.1, 0.15) is 11.9 Å². The van der Waals surface area contributed by atoms with Crippen molar-refractivity contribution in [2.75, 3.05) is 10.7 Å². The number of nitrogens with one attached hydrogen (secondary N) is 3. The summed E-state index contributed by atoms with van der Waals surface area (Å²) in [7, 11) is 0. The van der Waals surface area contributed by atoms with Crippen LogP contribution >= 0.6 is 0 Å². The van der Waals surface area contributed by atoms with Gasteiger partial charge in [0.15, 0.2) is 0 Å². The van der Waals surface area contributed by atoms with Crippen molar-refractivity contribution in [3.63, 3.8) is 0 Å². The number of hydrogen-bond acceptors (Lipinski definition) is 9. The fourth-order valence-corrected chi connectivity index (χ4v) is 3.20. The topological polar surface area (TPSA) is 165 Å². The third-order valence-corrected chi connectivity index (χ3v) is 4.59. The Labute approximate surface area is 165 Å². The molecule has 1 aliphatic carbocycles. The highest BCUT2D eigenvalue weighted by Gasteiger charge is 2.26. The first kappa shape index (κ1) is 19.9. The SMILES string of the molecule is O=C(NNc1ncnc(NC2CCCCC2)c1[N+](=O)[O-])c1ccccc1[N+](=O)[O-]. The molecule has 152 valence electrons. The minimum Gasteiger partial charge on any atom is -0.361 e. The normalized spacial score (nSPS) is 14.1. The van der Waals surface area contributed by atoms with E-state index in [1.54, 1.807) is 0 Å². The van der Waals surface area contributed by atoms with Crippen LogP contribution in [0.1, 0.15) is 42.5 Å². The Hall–Kier alpha value is -3.83. The first-order chi connectivity index (χ1) is 14.0. The average Bonchev–Trinajstić information content (AvgIpc) is 2.72. The van der Waals surface area contributed by atoms with Gasteiger partial charge in [-0.2, -0.15) is 0 Å². The lowest BCUT2D eigenvalue weighted by Crippen LogP contribution is -2.31. The standard InChI is InChI=1S/C17H19N7O5/c25-17(12-8-4-5-9-13(12)23(26)27)22-21-16-14(24(28)29)15(18-10-19-16)20-11-6-2-1-3-7-11/h4-5,8-11H,1-3,6-7H2,(H,22,25)(H2,18,19,20,21). The van der Waals surface area contributed by atoms with Crippen LogP contribution in [0.25, 0.3) is 0 Å². The molecule has 12 heteroatoms. The minimum absolute atomic E-state index is 0.0549. The summed E-state index contributed by atoms with van der Waals surface area (Å²) in [4.78, 5) is 41.4. The van der Waals surface area contributed by atoms with E-state index in [0.29, 0.717) is 0 Å². The van der Waals surface area contributed by atoms with Crippen LogP contribution in [0.2, 0.25) is 0 Å². The van der Waals surface area contributed by atoms with Gasteiger partial charge in [-0.05, 0) is 18.9 Å². The summed E-state index contributed by atoms with van der Waals surface area (Å²) in [6, 6.07) is 5.45. The van der Waals surface area contributed by atoms with Gasteiger partial charge in [0, 0.05) is 12.1 Å². The summed E-state index contributed by atoms with van der Waals surface area (Å²) < 4.78 is 0. The number of benzene rings is 1. The summed E-state index contributed by atoms with van der Waals surface area (Å²) in [5.41, 5.74) is 3.61. The van der Waals surface area contributed by atoms with E-state index in [4.69, 9.17) is 0 Å². The molecule has 1 fully saturated rings. The van der Waals surface area contributed by atoms with Gasteiger partial charge in [-0.3, -0.25) is 35.9 Å². The molecule has 1 aromatic carbocycles. The van der Waals surface area contributed by atoms with Crippen LogP contribution < -0.4 is 16.2 Å². The number of carbonyl (C=O) groups is 1. The fourth-order valence-electron chi connectivity index (χ4n) is 3.20. The van der Waals surface area contributed by atoms with Gasteiger partial charge >= 0.3 is 5.69 Å². The van der Waals surface area contributed by atoms with Gasteiger partial charge < -0.3 is 5.32 Å². The number of rotatable bonds is 7. The molecule has 3 rings (SSSR count). The molecule has 1 saturated carbocycles. The smallest absolute Gasteiger partial charge is 0.354 e. The van der Waals surface area contributed by atoms with Crippen molar-refractivity contribution in [3.8, 4) is 0 Å². The monoisotopic (exact) mass is 401 g/mol. The number of hydrogen-bond donors (Lipinski definition) is 3. The number of para-hydroxylation sites is 1. The number of anilines is 2. The molecular weight excluding hydrogens is 382 g/mol. The molecule has 0 atom stereocenters. The second-order valence-corrected chi connectivity index (χ2v) is 6.51. The summed E-state index contributed by atoms with van der Waals surface area (Å²) in [6.45, 7) is 0. The zero-order valence-electron chi connectivity index (χ0n) is 15.3. The van der Waals surface area contributed by atoms with E-state index in [9.17, 15) is 25.0 Å². The summed E-state index contributed by atoms with van der Waals surface area (Å²) in [5.74, 6) is -0.999. The molecular formula is C17H19N7O5. The van der Waals surface area contributed by atoms with Gasteiger partial charge in [0.05, 0.1) is 9.85 Å². The maximum absolute atomic E-state index is 12.3. The van der Waals surface area contributed by atoms with Crippen LogP contribution in [0.3, 0.4) is 0 Å². The molecule has 29 heavy (non-hydrogen) atoms. The quantitative estimate of drug-likeness (QED) is 0.467. The molecule has 2 aromatic rings.